The number of hydrogen-bond acceptors (Lipinski definition) is 3. The zero-order chi connectivity index (χ0) is 25.5. The molecule has 0 bridgehead atoms. The minimum Gasteiger partial charge on any atom is -0.203 e. The largest absolute Gasteiger partial charge is 0.206 e. The lowest BCUT2D eigenvalue weighted by molar-refractivity contribution is 0.376. The van der Waals surface area contributed by atoms with Crippen molar-refractivity contribution >= 4 is 22.6 Å². The maximum Gasteiger partial charge on any atom is 0.206 e. The first-order valence-corrected chi connectivity index (χ1v) is 8.67. The van der Waals surface area contributed by atoms with Gasteiger partial charge in [-0.15, -0.1) is 4.95 Å². The first-order chi connectivity index (χ1) is 16.0. The predicted molar refractivity (Wildman–Crippen MR) is 100 cm³/mol. The van der Waals surface area contributed by atoms with Crippen molar-refractivity contribution in [3.8, 4) is 6.19 Å². The maximum atomic E-state index is 14.6. The Kier molecular flexibility index (Phi) is 6.32. The molecule has 0 heterocycles. The van der Waals surface area contributed by atoms with E-state index >= 15 is 0 Å². The number of hydrogen-bond donors (Lipinski definition) is 0. The third kappa shape index (κ3) is 3.61. The number of nitrogens with zero attached hydrogens (tertiary/aromatic N) is 4. The van der Waals surface area contributed by atoms with Gasteiger partial charge in [0.2, 0.25) is 12.0 Å². The van der Waals surface area contributed by atoms with Gasteiger partial charge < -0.3 is 0 Å². The minimum atomic E-state index is -2.49. The van der Waals surface area contributed by atoms with E-state index in [0.717, 1.165) is 6.92 Å². The van der Waals surface area contributed by atoms with Crippen LogP contribution in [-0.2, 0) is 0 Å². The fraction of sp³-hybridized carbons (Fsp3) is 0.0476. The van der Waals surface area contributed by atoms with Crippen LogP contribution in [0.5, 0.6) is 0 Å². The molecule has 172 valence electrons. The van der Waals surface area contributed by atoms with Crippen LogP contribution in [0.4, 0.5) is 39.5 Å². The predicted octanol–water partition coefficient (Wildman–Crippen LogP) is 5.92. The zero-order valence-corrected chi connectivity index (χ0v) is 16.3. The van der Waals surface area contributed by atoms with Crippen LogP contribution < -0.4 is 0 Å². The molecule has 0 N–H and O–H groups in total. The van der Waals surface area contributed by atoms with Crippen molar-refractivity contribution in [1.82, 2.24) is 0 Å². The van der Waals surface area contributed by atoms with Crippen molar-refractivity contribution in [2.24, 2.45) is 10.1 Å². The Morgan fingerprint density at radius 2 is 1.06 bits per heavy atom. The Bertz CT molecular complexity index is 1300. The summed E-state index contributed by atoms with van der Waals surface area (Å²) in [7, 11) is 0. The molecule has 0 amide bonds. The number of rotatable bonds is 2. The van der Waals surface area contributed by atoms with Gasteiger partial charge in [0.15, 0.2) is 52.2 Å². The number of benzene rings is 2. The summed E-state index contributed by atoms with van der Waals surface area (Å²) < 4.78 is 127. The van der Waals surface area contributed by atoms with Crippen LogP contribution in [0.25, 0.3) is 16.1 Å². The first kappa shape index (κ1) is 24.3. The lowest BCUT2D eigenvalue weighted by Gasteiger charge is -2.19. The summed E-state index contributed by atoms with van der Waals surface area (Å²) in [4.78, 5) is 5.71. The van der Waals surface area contributed by atoms with Crippen molar-refractivity contribution in [2.75, 3.05) is 0 Å². The Hall–Kier alpha value is -4.39. The zero-order valence-electron chi connectivity index (χ0n) is 16.3. The second kappa shape index (κ2) is 8.86. The highest BCUT2D eigenvalue weighted by Crippen LogP contribution is 2.36. The Morgan fingerprint density at radius 1 is 0.676 bits per heavy atom. The first-order valence-electron chi connectivity index (χ1n) is 8.67. The lowest BCUT2D eigenvalue weighted by Crippen LogP contribution is -2.18. The Morgan fingerprint density at radius 3 is 1.50 bits per heavy atom. The molecule has 0 unspecified atom stereocenters. The fourth-order valence-corrected chi connectivity index (χ4v) is 3.08. The van der Waals surface area contributed by atoms with E-state index in [2.05, 4.69) is 15.0 Å². The molecule has 2 aromatic carbocycles. The fourth-order valence-electron chi connectivity index (χ4n) is 3.08. The molecule has 13 heteroatoms. The number of aliphatic imine (C=N–C) groups is 1. The molecule has 1 aliphatic carbocycles. The van der Waals surface area contributed by atoms with Crippen LogP contribution in [0.1, 0.15) is 16.7 Å². The molecule has 0 aromatic heterocycles. The number of allylic oxidation sites excluding steroid dienone is 4. The van der Waals surface area contributed by atoms with E-state index in [0.29, 0.717) is 12.2 Å². The van der Waals surface area contributed by atoms with Gasteiger partial charge in [0.05, 0.1) is 21.9 Å². The maximum absolute atomic E-state index is 14.6. The minimum absolute atomic E-state index is 0.426. The molecule has 0 spiro atoms. The van der Waals surface area contributed by atoms with E-state index in [-0.39, 0.29) is 0 Å². The van der Waals surface area contributed by atoms with Crippen molar-refractivity contribution in [1.29, 1.82) is 5.26 Å². The highest BCUT2D eigenvalue weighted by atomic mass is 19.2. The summed E-state index contributed by atoms with van der Waals surface area (Å²) in [5, 5.41) is 12.0. The normalized spacial score (nSPS) is 15.8. The summed E-state index contributed by atoms with van der Waals surface area (Å²) >= 11 is 0. The van der Waals surface area contributed by atoms with Crippen LogP contribution >= 0.6 is 0 Å². The SMILES string of the molecule is [C-]#[N+]N=C1C=C(c2c(F)c(F)c(C)c(F)c2F)C(=NC#N)C=C1c1c(F)c(F)c(F)c(F)c1F. The summed E-state index contributed by atoms with van der Waals surface area (Å²) in [6.45, 7) is 7.56. The molecule has 0 atom stereocenters. The second-order valence-corrected chi connectivity index (χ2v) is 6.50. The quantitative estimate of drug-likeness (QED) is 0.0993. The molecule has 0 fully saturated rings. The molecular weight excluding hydrogens is 479 g/mol. The molecule has 0 saturated heterocycles. The van der Waals surface area contributed by atoms with Crippen molar-refractivity contribution in [3.63, 3.8) is 0 Å². The second-order valence-electron chi connectivity index (χ2n) is 6.50. The average molecular weight is 484 g/mol. The van der Waals surface area contributed by atoms with Crippen LogP contribution in [0.3, 0.4) is 0 Å². The Labute approximate surface area is 184 Å². The molecule has 0 saturated carbocycles. The molecule has 1 aliphatic rings. The summed E-state index contributed by atoms with van der Waals surface area (Å²) in [5.74, 6) is -19.4. The molecule has 34 heavy (non-hydrogen) atoms. The van der Waals surface area contributed by atoms with Crippen molar-refractivity contribution in [3.05, 3.63) is 92.7 Å². The third-order valence-electron chi connectivity index (χ3n) is 4.67. The van der Waals surface area contributed by atoms with Gasteiger partial charge in [0.1, 0.15) is 0 Å². The standard InChI is InChI=1S/C21H5F9N4/c1-6-13(22)15(24)11(16(25)14(6)23)7-4-10(34-32-2)8(3-9(7)33-5-31)12-17(26)19(28)21(30)20(29)18(12)27/h3-4H,1H3. The van der Waals surface area contributed by atoms with Crippen LogP contribution in [0.15, 0.2) is 22.2 Å². The highest BCUT2D eigenvalue weighted by Gasteiger charge is 2.34. The van der Waals surface area contributed by atoms with E-state index in [1.54, 1.807) is 0 Å². The van der Waals surface area contributed by atoms with Crippen molar-refractivity contribution in [2.45, 2.75) is 6.92 Å². The van der Waals surface area contributed by atoms with Crippen molar-refractivity contribution < 1.29 is 39.5 Å². The van der Waals surface area contributed by atoms with Gasteiger partial charge in [0, 0.05) is 16.7 Å². The van der Waals surface area contributed by atoms with Gasteiger partial charge in [-0.1, -0.05) is 0 Å². The van der Waals surface area contributed by atoms with Gasteiger partial charge in [-0.05, 0) is 19.1 Å². The lowest BCUT2D eigenvalue weighted by atomic mass is 9.86. The van der Waals surface area contributed by atoms with Crippen LogP contribution in [0, 0.1) is 77.3 Å². The van der Waals surface area contributed by atoms with Gasteiger partial charge in [-0.2, -0.15) is 16.8 Å². The van der Waals surface area contributed by atoms with E-state index in [1.165, 1.54) is 6.19 Å². The van der Waals surface area contributed by atoms with Crippen LogP contribution in [-0.4, -0.2) is 11.4 Å². The van der Waals surface area contributed by atoms with E-state index in [9.17, 15) is 39.5 Å². The molecule has 2 aromatic rings. The van der Waals surface area contributed by atoms with Gasteiger partial charge in [0.25, 0.3) is 0 Å². The molecule has 3 rings (SSSR count). The molecule has 4 nitrogen and oxygen atoms in total. The summed E-state index contributed by atoms with van der Waals surface area (Å²) in [5.41, 5.74) is -7.72. The van der Waals surface area contributed by atoms with Gasteiger partial charge in [-0.3, -0.25) is 0 Å². The molecule has 0 aliphatic heterocycles. The van der Waals surface area contributed by atoms with Crippen LogP contribution in [0.2, 0.25) is 0 Å². The van der Waals surface area contributed by atoms with E-state index < -0.39 is 91.6 Å². The highest BCUT2D eigenvalue weighted by molar-refractivity contribution is 6.47. The molecule has 0 radical (unpaired) electrons. The van der Waals surface area contributed by atoms with Gasteiger partial charge >= 0.3 is 0 Å². The monoisotopic (exact) mass is 484 g/mol. The number of nitriles is 1. The smallest absolute Gasteiger partial charge is 0.203 e. The molecular formula is C21H5F9N4. The number of halogens is 9. The third-order valence-corrected chi connectivity index (χ3v) is 4.67. The van der Waals surface area contributed by atoms with E-state index in [4.69, 9.17) is 11.8 Å². The Balaban J connectivity index is 2.42. The topological polar surface area (TPSA) is 52.9 Å². The average Bonchev–Trinajstić information content (AvgIpc) is 2.81. The van der Waals surface area contributed by atoms with Gasteiger partial charge in [-0.25, -0.2) is 39.5 Å². The summed E-state index contributed by atoms with van der Waals surface area (Å²) in [6, 6.07) is 0. The van der Waals surface area contributed by atoms with E-state index in [1.807, 2.05) is 0 Å². The summed E-state index contributed by atoms with van der Waals surface area (Å²) in [6.07, 6.45) is 2.05.